The van der Waals surface area contributed by atoms with Crippen molar-refractivity contribution < 1.29 is 19.2 Å². The Bertz CT molecular complexity index is 1360. The third kappa shape index (κ3) is 6.14. The molecule has 2 aromatic rings. The predicted octanol–water partition coefficient (Wildman–Crippen LogP) is 5.20. The van der Waals surface area contributed by atoms with Crippen molar-refractivity contribution in [1.29, 1.82) is 0 Å². The fourth-order valence-electron chi connectivity index (χ4n) is 3.78. The topological polar surface area (TPSA) is 98.8 Å². The molecule has 2 heterocycles. The number of thiocarbonyl (C=S) groups is 2. The molecule has 0 spiro atoms. The molecule has 0 aromatic heterocycles. The molecule has 2 aromatic carbocycles. The van der Waals surface area contributed by atoms with Gasteiger partial charge in [-0.25, -0.2) is 0 Å². The maximum Gasteiger partial charge on any atom is 0.286 e. The van der Waals surface area contributed by atoms with Crippen LogP contribution in [0.4, 0.5) is 0 Å². The van der Waals surface area contributed by atoms with Crippen LogP contribution < -0.4 is 10.9 Å². The van der Waals surface area contributed by atoms with E-state index in [1.807, 2.05) is 24.3 Å². The Morgan fingerprint density at radius 3 is 1.20 bits per heavy atom. The summed E-state index contributed by atoms with van der Waals surface area (Å²) in [5.74, 6) is -2.34. The molecule has 4 rings (SSSR count). The van der Waals surface area contributed by atoms with Crippen LogP contribution >= 0.6 is 48.0 Å². The summed E-state index contributed by atoms with van der Waals surface area (Å²) >= 11 is 12.4. The standard InChI is InChI=1S/C28H28N4O4S4/c1-27(2,3)17-11-7-15(8-12-17)21(33)29-31-23(35)19(39-25(31)37)20-24(36)32(26(38)40-20)30-22(34)16-9-13-18(14-10-16)28(4,5)6/h7-14H,1-6H3,(H,29,33)(H,30,34). The fourth-order valence-corrected chi connectivity index (χ4v) is 6.29. The van der Waals surface area contributed by atoms with Gasteiger partial charge in [0.2, 0.25) is 0 Å². The van der Waals surface area contributed by atoms with E-state index >= 15 is 0 Å². The lowest BCUT2D eigenvalue weighted by Gasteiger charge is -2.20. The molecule has 0 aliphatic carbocycles. The Balaban J connectivity index is 1.47. The van der Waals surface area contributed by atoms with Crippen LogP contribution in [0.1, 0.15) is 73.4 Å². The molecular formula is C28H28N4O4S4. The second-order valence-electron chi connectivity index (χ2n) is 11.2. The van der Waals surface area contributed by atoms with Crippen LogP contribution in [0.25, 0.3) is 0 Å². The van der Waals surface area contributed by atoms with E-state index in [1.165, 1.54) is 0 Å². The number of amides is 4. The highest BCUT2D eigenvalue weighted by Gasteiger charge is 2.43. The van der Waals surface area contributed by atoms with Crippen LogP contribution in [0.2, 0.25) is 0 Å². The summed E-state index contributed by atoms with van der Waals surface area (Å²) in [6.07, 6.45) is 0. The highest BCUT2D eigenvalue weighted by Crippen LogP contribution is 2.41. The minimum absolute atomic E-state index is 0.0250. The van der Waals surface area contributed by atoms with Crippen molar-refractivity contribution in [2.24, 2.45) is 0 Å². The van der Waals surface area contributed by atoms with Crippen molar-refractivity contribution in [3.63, 3.8) is 0 Å². The molecule has 208 valence electrons. The molecule has 40 heavy (non-hydrogen) atoms. The number of hydrogen-bond acceptors (Lipinski definition) is 8. The minimum Gasteiger partial charge on any atom is -0.267 e. The van der Waals surface area contributed by atoms with Gasteiger partial charge in [0.1, 0.15) is 9.81 Å². The first-order valence-electron chi connectivity index (χ1n) is 12.3. The van der Waals surface area contributed by atoms with E-state index in [0.717, 1.165) is 44.7 Å². The lowest BCUT2D eigenvalue weighted by molar-refractivity contribution is -0.126. The van der Waals surface area contributed by atoms with E-state index in [4.69, 9.17) is 24.4 Å². The van der Waals surface area contributed by atoms with Gasteiger partial charge in [-0.15, -0.1) is 0 Å². The van der Waals surface area contributed by atoms with E-state index in [1.54, 1.807) is 24.3 Å². The van der Waals surface area contributed by atoms with E-state index < -0.39 is 23.6 Å². The molecule has 0 radical (unpaired) electrons. The smallest absolute Gasteiger partial charge is 0.267 e. The zero-order valence-electron chi connectivity index (χ0n) is 22.8. The Hall–Kier alpha value is -3.06. The summed E-state index contributed by atoms with van der Waals surface area (Å²) < 4.78 is 0.126. The van der Waals surface area contributed by atoms with Crippen molar-refractivity contribution >= 4 is 80.2 Å². The summed E-state index contributed by atoms with van der Waals surface area (Å²) in [6, 6.07) is 14.2. The molecule has 0 unspecified atom stereocenters. The largest absolute Gasteiger partial charge is 0.286 e. The van der Waals surface area contributed by atoms with Crippen LogP contribution in [0.5, 0.6) is 0 Å². The molecule has 2 aliphatic rings. The lowest BCUT2D eigenvalue weighted by Crippen LogP contribution is -2.45. The van der Waals surface area contributed by atoms with Gasteiger partial charge in [-0.1, -0.05) is 89.3 Å². The summed E-state index contributed by atoms with van der Waals surface area (Å²) in [5.41, 5.74) is 7.73. The fraction of sp³-hybridized carbons (Fsp3) is 0.286. The van der Waals surface area contributed by atoms with Gasteiger partial charge in [0.25, 0.3) is 23.6 Å². The monoisotopic (exact) mass is 612 g/mol. The Kier molecular flexibility index (Phi) is 8.28. The number of benzene rings is 2. The zero-order chi connectivity index (χ0) is 29.6. The first-order chi connectivity index (χ1) is 18.6. The SMILES string of the molecule is CC(C)(C)c1ccc(C(=O)NN2C(=O)C(=C3SC(=S)N(NC(=O)c4ccc(C(C)(C)C)cc4)C3=O)SC2=S)cc1. The number of thioether (sulfide) groups is 2. The number of nitrogens with one attached hydrogen (secondary N) is 2. The molecule has 0 bridgehead atoms. The number of nitrogens with zero attached hydrogens (tertiary/aromatic N) is 2. The highest BCUT2D eigenvalue weighted by molar-refractivity contribution is 8.29. The van der Waals surface area contributed by atoms with Crippen LogP contribution in [-0.2, 0) is 20.4 Å². The average molecular weight is 613 g/mol. The molecule has 8 nitrogen and oxygen atoms in total. The van der Waals surface area contributed by atoms with E-state index in [2.05, 4.69) is 52.4 Å². The molecular weight excluding hydrogens is 585 g/mol. The van der Waals surface area contributed by atoms with Crippen molar-refractivity contribution in [3.05, 3.63) is 80.6 Å². The summed E-state index contributed by atoms with van der Waals surface area (Å²) in [6.45, 7) is 12.4. The second-order valence-corrected chi connectivity index (χ2v) is 14.5. The quantitative estimate of drug-likeness (QED) is 0.359. The normalized spacial score (nSPS) is 18.1. The average Bonchev–Trinajstić information content (AvgIpc) is 3.32. The van der Waals surface area contributed by atoms with Gasteiger partial charge >= 0.3 is 0 Å². The van der Waals surface area contributed by atoms with Crippen molar-refractivity contribution in [3.8, 4) is 0 Å². The molecule has 4 amide bonds. The Morgan fingerprint density at radius 1 is 0.625 bits per heavy atom. The number of rotatable bonds is 4. The van der Waals surface area contributed by atoms with Gasteiger partial charge in [0.05, 0.1) is 0 Å². The van der Waals surface area contributed by atoms with Crippen LogP contribution in [0.15, 0.2) is 58.3 Å². The number of carbonyl (C=O) groups excluding carboxylic acids is 4. The molecule has 2 N–H and O–H groups in total. The number of hydrazine groups is 2. The first-order valence-corrected chi connectivity index (χ1v) is 14.7. The third-order valence-electron chi connectivity index (χ3n) is 6.20. The van der Waals surface area contributed by atoms with E-state index in [0.29, 0.717) is 11.1 Å². The molecule has 0 atom stereocenters. The number of carbonyl (C=O) groups is 4. The summed E-state index contributed by atoms with van der Waals surface area (Å²) in [7, 11) is 0. The summed E-state index contributed by atoms with van der Waals surface area (Å²) in [4.78, 5) is 52.1. The van der Waals surface area contributed by atoms with E-state index in [-0.39, 0.29) is 29.3 Å². The molecule has 2 fully saturated rings. The Labute approximate surface area is 252 Å². The first kappa shape index (κ1) is 29.9. The van der Waals surface area contributed by atoms with Crippen LogP contribution in [-0.4, -0.2) is 42.3 Å². The van der Waals surface area contributed by atoms with Crippen molar-refractivity contribution in [2.75, 3.05) is 0 Å². The third-order valence-corrected chi connectivity index (χ3v) is 9.07. The van der Waals surface area contributed by atoms with Crippen molar-refractivity contribution in [2.45, 2.75) is 52.4 Å². The second kappa shape index (κ2) is 11.1. The molecule has 0 saturated carbocycles. The molecule has 2 saturated heterocycles. The van der Waals surface area contributed by atoms with Gasteiger partial charge in [-0.3, -0.25) is 30.0 Å². The molecule has 2 aliphatic heterocycles. The minimum atomic E-state index is -0.653. The maximum absolute atomic E-state index is 13.2. The zero-order valence-corrected chi connectivity index (χ0v) is 26.0. The van der Waals surface area contributed by atoms with Crippen molar-refractivity contribution in [1.82, 2.24) is 20.9 Å². The predicted molar refractivity (Wildman–Crippen MR) is 166 cm³/mol. The molecule has 12 heteroatoms. The van der Waals surface area contributed by atoms with Gasteiger partial charge < -0.3 is 0 Å². The van der Waals surface area contributed by atoms with Crippen LogP contribution in [0, 0.1) is 0 Å². The number of hydrogen-bond donors (Lipinski definition) is 2. The lowest BCUT2D eigenvalue weighted by atomic mass is 9.87. The maximum atomic E-state index is 13.2. The Morgan fingerprint density at radius 2 is 0.925 bits per heavy atom. The highest BCUT2D eigenvalue weighted by atomic mass is 32.2. The van der Waals surface area contributed by atoms with Gasteiger partial charge in [-0.05, 0) is 70.7 Å². The van der Waals surface area contributed by atoms with Crippen LogP contribution in [0.3, 0.4) is 0 Å². The summed E-state index contributed by atoms with van der Waals surface area (Å²) in [5, 5.41) is 1.88. The van der Waals surface area contributed by atoms with Gasteiger partial charge in [0, 0.05) is 11.1 Å². The van der Waals surface area contributed by atoms with Gasteiger partial charge in [0.15, 0.2) is 8.64 Å². The van der Waals surface area contributed by atoms with Gasteiger partial charge in [-0.2, -0.15) is 10.0 Å². The van der Waals surface area contributed by atoms with E-state index in [9.17, 15) is 19.2 Å².